The fraction of sp³-hybridized carbons (Fsp3) is 0.391. The first-order valence-corrected chi connectivity index (χ1v) is 10.4. The van der Waals surface area contributed by atoms with Gasteiger partial charge in [0.05, 0.1) is 6.33 Å². The highest BCUT2D eigenvalue weighted by atomic mass is 16.2. The number of imide groups is 1. The van der Waals surface area contributed by atoms with E-state index < -0.39 is 0 Å². The Morgan fingerprint density at radius 3 is 2.97 bits per heavy atom. The van der Waals surface area contributed by atoms with E-state index in [1.807, 2.05) is 35.9 Å². The molecule has 31 heavy (non-hydrogen) atoms. The van der Waals surface area contributed by atoms with Crippen molar-refractivity contribution >= 4 is 23.9 Å². The molecule has 8 heteroatoms. The Labute approximate surface area is 182 Å². The normalized spacial score (nSPS) is 13.4. The Kier molecular flexibility index (Phi) is 7.44. The number of imidazole rings is 1. The summed E-state index contributed by atoms with van der Waals surface area (Å²) < 4.78 is 1.99. The molecule has 1 aromatic carbocycles. The van der Waals surface area contributed by atoms with Crippen molar-refractivity contribution in [3.63, 3.8) is 0 Å². The topological polar surface area (TPSA) is 96.3 Å². The number of aromatic nitrogens is 2. The first-order chi connectivity index (χ1) is 15.0. The number of hydrogen-bond donors (Lipinski definition) is 2. The SMILES string of the molecule is C#Cc1cn(CCCCNc2cccc3c2CN(C(C)CCC(=O)NC=O)C3=O)cn1. The van der Waals surface area contributed by atoms with E-state index in [2.05, 4.69) is 21.5 Å². The van der Waals surface area contributed by atoms with Crippen LogP contribution in [0.5, 0.6) is 0 Å². The summed E-state index contributed by atoms with van der Waals surface area (Å²) in [5.74, 6) is 2.16. The van der Waals surface area contributed by atoms with E-state index in [4.69, 9.17) is 6.42 Å². The first kappa shape index (κ1) is 22.1. The first-order valence-electron chi connectivity index (χ1n) is 10.4. The third-order valence-corrected chi connectivity index (χ3v) is 5.48. The Bertz CT molecular complexity index is 991. The second kappa shape index (κ2) is 10.4. The zero-order valence-electron chi connectivity index (χ0n) is 17.6. The third kappa shape index (κ3) is 5.51. The lowest BCUT2D eigenvalue weighted by molar-refractivity contribution is -0.125. The third-order valence-electron chi connectivity index (χ3n) is 5.48. The van der Waals surface area contributed by atoms with Gasteiger partial charge in [-0.25, -0.2) is 4.98 Å². The summed E-state index contributed by atoms with van der Waals surface area (Å²) in [6.45, 7) is 4.08. The number of carbonyl (C=O) groups excluding carboxylic acids is 3. The Balaban J connectivity index is 1.50. The number of amides is 3. The van der Waals surface area contributed by atoms with Crippen molar-refractivity contribution in [3.8, 4) is 12.3 Å². The van der Waals surface area contributed by atoms with Crippen LogP contribution in [0.3, 0.4) is 0 Å². The van der Waals surface area contributed by atoms with Crippen LogP contribution in [0.4, 0.5) is 5.69 Å². The van der Waals surface area contributed by atoms with E-state index in [1.54, 1.807) is 11.2 Å². The minimum Gasteiger partial charge on any atom is -0.385 e. The van der Waals surface area contributed by atoms with E-state index in [0.717, 1.165) is 37.2 Å². The summed E-state index contributed by atoms with van der Waals surface area (Å²) in [7, 11) is 0. The number of aryl methyl sites for hydroxylation is 1. The monoisotopic (exact) mass is 421 g/mol. The van der Waals surface area contributed by atoms with Gasteiger partial charge in [-0.3, -0.25) is 19.7 Å². The second-order valence-corrected chi connectivity index (χ2v) is 7.61. The average molecular weight is 422 g/mol. The molecule has 1 aliphatic heterocycles. The van der Waals surface area contributed by atoms with Crippen LogP contribution in [-0.4, -0.2) is 45.3 Å². The summed E-state index contributed by atoms with van der Waals surface area (Å²) in [5.41, 5.74) is 3.31. The summed E-state index contributed by atoms with van der Waals surface area (Å²) in [5, 5.41) is 5.59. The lowest BCUT2D eigenvalue weighted by Crippen LogP contribution is -2.34. The zero-order chi connectivity index (χ0) is 22.2. The molecule has 3 amide bonds. The summed E-state index contributed by atoms with van der Waals surface area (Å²) >= 11 is 0. The molecule has 8 nitrogen and oxygen atoms in total. The number of terminal acetylenes is 1. The fourth-order valence-electron chi connectivity index (χ4n) is 3.71. The Morgan fingerprint density at radius 1 is 1.39 bits per heavy atom. The molecule has 2 heterocycles. The van der Waals surface area contributed by atoms with Crippen molar-refractivity contribution in [1.29, 1.82) is 0 Å². The van der Waals surface area contributed by atoms with Gasteiger partial charge in [-0.15, -0.1) is 6.42 Å². The van der Waals surface area contributed by atoms with Gasteiger partial charge >= 0.3 is 0 Å². The van der Waals surface area contributed by atoms with Crippen LogP contribution in [0.15, 0.2) is 30.7 Å². The minimum atomic E-state index is -0.334. The number of unbranched alkanes of at least 4 members (excludes halogenated alkanes) is 1. The molecule has 0 saturated carbocycles. The van der Waals surface area contributed by atoms with Crippen molar-refractivity contribution in [3.05, 3.63) is 47.5 Å². The molecule has 0 aliphatic carbocycles. The highest BCUT2D eigenvalue weighted by molar-refractivity contribution is 6.00. The lowest BCUT2D eigenvalue weighted by atomic mass is 10.1. The maximum absolute atomic E-state index is 12.8. The van der Waals surface area contributed by atoms with Crippen molar-refractivity contribution in [1.82, 2.24) is 19.8 Å². The van der Waals surface area contributed by atoms with Crippen molar-refractivity contribution in [2.75, 3.05) is 11.9 Å². The van der Waals surface area contributed by atoms with Gasteiger partial charge in [0.2, 0.25) is 12.3 Å². The van der Waals surface area contributed by atoms with Crippen LogP contribution in [0.2, 0.25) is 0 Å². The van der Waals surface area contributed by atoms with Gasteiger partial charge < -0.3 is 14.8 Å². The molecular weight excluding hydrogens is 394 g/mol. The van der Waals surface area contributed by atoms with Crippen LogP contribution in [0, 0.1) is 12.3 Å². The molecule has 1 atom stereocenters. The summed E-state index contributed by atoms with van der Waals surface area (Å²) in [6, 6.07) is 5.62. The van der Waals surface area contributed by atoms with Crippen molar-refractivity contribution < 1.29 is 14.4 Å². The van der Waals surface area contributed by atoms with E-state index in [9.17, 15) is 14.4 Å². The van der Waals surface area contributed by atoms with Gasteiger partial charge in [0, 0.05) is 55.1 Å². The summed E-state index contributed by atoms with van der Waals surface area (Å²) in [4.78, 5) is 40.6. The Morgan fingerprint density at radius 2 is 2.23 bits per heavy atom. The number of anilines is 1. The number of nitrogens with one attached hydrogen (secondary N) is 2. The number of fused-ring (bicyclic) bond motifs is 1. The molecule has 2 N–H and O–H groups in total. The molecule has 1 unspecified atom stereocenters. The number of rotatable bonds is 11. The molecule has 1 aliphatic rings. The van der Waals surface area contributed by atoms with Crippen LogP contribution in [0.1, 0.15) is 54.2 Å². The number of hydrogen-bond acceptors (Lipinski definition) is 5. The standard InChI is InChI=1S/C23H27N5O3/c1-3-18-13-27(15-25-18)12-5-4-11-24-21-8-6-7-19-20(21)14-28(23(19)31)17(2)9-10-22(30)26-16-29/h1,6-8,13,15-17,24H,4-5,9-12,14H2,2H3,(H,26,29,30). The van der Waals surface area contributed by atoms with Gasteiger partial charge in [-0.1, -0.05) is 6.07 Å². The van der Waals surface area contributed by atoms with Gasteiger partial charge in [-0.05, 0) is 44.2 Å². The number of carbonyl (C=O) groups is 3. The molecular formula is C23H27N5O3. The molecule has 0 radical (unpaired) electrons. The predicted molar refractivity (Wildman–Crippen MR) is 117 cm³/mol. The minimum absolute atomic E-state index is 0.0219. The lowest BCUT2D eigenvalue weighted by Gasteiger charge is -2.24. The van der Waals surface area contributed by atoms with E-state index in [1.165, 1.54) is 0 Å². The molecule has 0 saturated heterocycles. The number of benzene rings is 1. The zero-order valence-corrected chi connectivity index (χ0v) is 17.6. The Hall–Kier alpha value is -3.60. The van der Waals surface area contributed by atoms with Gasteiger partial charge in [0.1, 0.15) is 5.69 Å². The smallest absolute Gasteiger partial charge is 0.254 e. The maximum Gasteiger partial charge on any atom is 0.254 e. The van der Waals surface area contributed by atoms with Gasteiger partial charge in [-0.2, -0.15) is 0 Å². The molecule has 1 aromatic heterocycles. The maximum atomic E-state index is 12.8. The number of nitrogens with zero attached hydrogens (tertiary/aromatic N) is 3. The predicted octanol–water partition coefficient (Wildman–Crippen LogP) is 2.15. The van der Waals surface area contributed by atoms with Crippen molar-refractivity contribution in [2.24, 2.45) is 0 Å². The van der Waals surface area contributed by atoms with Gasteiger partial charge in [0.25, 0.3) is 5.91 Å². The molecule has 0 spiro atoms. The van der Waals surface area contributed by atoms with Crippen LogP contribution in [0.25, 0.3) is 0 Å². The van der Waals surface area contributed by atoms with E-state index >= 15 is 0 Å². The van der Waals surface area contributed by atoms with Gasteiger partial charge in [0.15, 0.2) is 0 Å². The molecule has 0 fully saturated rings. The quantitative estimate of drug-likeness (QED) is 0.329. The molecule has 162 valence electrons. The van der Waals surface area contributed by atoms with Crippen molar-refractivity contribution in [2.45, 2.75) is 51.7 Å². The largest absolute Gasteiger partial charge is 0.385 e. The summed E-state index contributed by atoms with van der Waals surface area (Å²) in [6.07, 6.45) is 12.0. The van der Waals surface area contributed by atoms with E-state index in [0.29, 0.717) is 30.6 Å². The highest BCUT2D eigenvalue weighted by Crippen LogP contribution is 2.31. The second-order valence-electron chi connectivity index (χ2n) is 7.61. The molecule has 0 bridgehead atoms. The van der Waals surface area contributed by atoms with Crippen LogP contribution < -0.4 is 10.6 Å². The average Bonchev–Trinajstić information content (AvgIpc) is 3.37. The highest BCUT2D eigenvalue weighted by Gasteiger charge is 2.32. The van der Waals surface area contributed by atoms with Crippen LogP contribution in [-0.2, 0) is 22.7 Å². The van der Waals surface area contributed by atoms with Crippen LogP contribution >= 0.6 is 0 Å². The fourth-order valence-corrected chi connectivity index (χ4v) is 3.71. The molecule has 3 rings (SSSR count). The van der Waals surface area contributed by atoms with E-state index in [-0.39, 0.29) is 24.3 Å². The molecule has 2 aromatic rings.